The molecular formula is C34H48N4O3. The molecule has 1 N–H and O–H groups in total. The van der Waals surface area contributed by atoms with Gasteiger partial charge in [0.1, 0.15) is 0 Å². The molecular weight excluding hydrogens is 512 g/mol. The minimum absolute atomic E-state index is 0.0197. The lowest BCUT2D eigenvalue weighted by Crippen LogP contribution is -2.39. The van der Waals surface area contributed by atoms with Gasteiger partial charge in [0.2, 0.25) is 11.8 Å². The Kier molecular flexibility index (Phi) is 8.47. The minimum Gasteiger partial charge on any atom is -0.420 e. The number of carbonyl (C=O) groups excluding carboxylic acids is 1. The van der Waals surface area contributed by atoms with Crippen molar-refractivity contribution in [3.8, 4) is 22.7 Å². The molecule has 1 aliphatic heterocycles. The summed E-state index contributed by atoms with van der Waals surface area (Å²) in [6.45, 7) is 17.4. The molecule has 2 fully saturated rings. The molecule has 222 valence electrons. The zero-order valence-electron chi connectivity index (χ0n) is 26.1. The van der Waals surface area contributed by atoms with Gasteiger partial charge in [-0.1, -0.05) is 66.9 Å². The Morgan fingerprint density at radius 3 is 2.29 bits per heavy atom. The molecule has 0 atom stereocenters. The Bertz CT molecular complexity index is 1360. The van der Waals surface area contributed by atoms with Crippen LogP contribution in [0.3, 0.4) is 0 Å². The fraction of sp³-hybridized carbons (Fsp3) is 0.618. The normalized spacial score (nSPS) is 17.6. The number of ether oxygens (including phenoxy) is 1. The van der Waals surface area contributed by atoms with Crippen LogP contribution >= 0.6 is 0 Å². The summed E-state index contributed by atoms with van der Waals surface area (Å²) in [5.74, 6) is 1.84. The first-order valence-corrected chi connectivity index (χ1v) is 15.5. The van der Waals surface area contributed by atoms with Gasteiger partial charge in [-0.25, -0.2) is 0 Å². The fourth-order valence-electron chi connectivity index (χ4n) is 6.23. The largest absolute Gasteiger partial charge is 0.420 e. The van der Waals surface area contributed by atoms with Crippen molar-refractivity contribution in [2.45, 2.75) is 117 Å². The zero-order chi connectivity index (χ0) is 29.4. The topological polar surface area (TPSA) is 82.2 Å². The average molecular weight is 561 g/mol. The van der Waals surface area contributed by atoms with Gasteiger partial charge in [-0.05, 0) is 73.3 Å². The Labute approximate surface area is 245 Å². The van der Waals surface area contributed by atoms with E-state index in [2.05, 4.69) is 92.8 Å². The third-order valence-corrected chi connectivity index (χ3v) is 8.75. The van der Waals surface area contributed by atoms with E-state index >= 15 is 0 Å². The molecule has 0 bridgehead atoms. The maximum absolute atomic E-state index is 13.6. The maximum Gasteiger partial charge on any atom is 0.253 e. The van der Waals surface area contributed by atoms with Gasteiger partial charge < -0.3 is 19.0 Å². The number of hydrogen-bond acceptors (Lipinski definition) is 5. The van der Waals surface area contributed by atoms with E-state index in [1.54, 1.807) is 0 Å². The van der Waals surface area contributed by atoms with Crippen molar-refractivity contribution in [1.82, 2.24) is 20.1 Å². The third kappa shape index (κ3) is 6.61. The Morgan fingerprint density at radius 2 is 1.66 bits per heavy atom. The van der Waals surface area contributed by atoms with Gasteiger partial charge in [0, 0.05) is 48.2 Å². The molecule has 3 heterocycles. The van der Waals surface area contributed by atoms with Crippen molar-refractivity contribution in [2.75, 3.05) is 13.2 Å². The summed E-state index contributed by atoms with van der Waals surface area (Å²) in [5, 5.41) is 12.1. The number of amides is 1. The van der Waals surface area contributed by atoms with Crippen molar-refractivity contribution in [3.05, 3.63) is 47.0 Å². The van der Waals surface area contributed by atoms with Crippen molar-refractivity contribution in [3.63, 3.8) is 0 Å². The molecule has 1 amide bonds. The van der Waals surface area contributed by atoms with E-state index in [-0.39, 0.29) is 22.8 Å². The summed E-state index contributed by atoms with van der Waals surface area (Å²) in [4.78, 5) is 13.6. The number of aromatic nitrogens is 3. The van der Waals surface area contributed by atoms with Crippen LogP contribution in [0.4, 0.5) is 0 Å². The zero-order valence-corrected chi connectivity index (χ0v) is 26.1. The summed E-state index contributed by atoms with van der Waals surface area (Å²) < 4.78 is 14.1. The summed E-state index contributed by atoms with van der Waals surface area (Å²) in [5.41, 5.74) is 5.77. The van der Waals surface area contributed by atoms with E-state index in [0.29, 0.717) is 30.9 Å². The lowest BCUT2D eigenvalue weighted by atomic mass is 9.82. The van der Waals surface area contributed by atoms with Crippen LogP contribution in [0.2, 0.25) is 0 Å². The van der Waals surface area contributed by atoms with Crippen LogP contribution in [0, 0.1) is 12.8 Å². The number of nitrogens with one attached hydrogen (secondary N) is 1. The molecule has 2 aromatic heterocycles. The molecule has 1 saturated heterocycles. The van der Waals surface area contributed by atoms with Gasteiger partial charge in [-0.3, -0.25) is 4.79 Å². The van der Waals surface area contributed by atoms with E-state index in [1.165, 1.54) is 32.1 Å². The van der Waals surface area contributed by atoms with E-state index in [0.717, 1.165) is 53.0 Å². The predicted molar refractivity (Wildman–Crippen MR) is 163 cm³/mol. The van der Waals surface area contributed by atoms with Gasteiger partial charge >= 0.3 is 0 Å². The smallest absolute Gasteiger partial charge is 0.253 e. The highest BCUT2D eigenvalue weighted by atomic mass is 16.5. The van der Waals surface area contributed by atoms with Gasteiger partial charge in [-0.2, -0.15) is 0 Å². The Morgan fingerprint density at radius 1 is 0.951 bits per heavy atom. The predicted octanol–water partition coefficient (Wildman–Crippen LogP) is 7.60. The molecule has 0 spiro atoms. The number of benzene rings is 1. The average Bonchev–Trinajstić information content (AvgIpc) is 3.55. The van der Waals surface area contributed by atoms with E-state index in [1.807, 2.05) is 0 Å². The van der Waals surface area contributed by atoms with Gasteiger partial charge in [0.15, 0.2) is 0 Å². The van der Waals surface area contributed by atoms with Crippen LogP contribution in [0.1, 0.15) is 114 Å². The number of carbonyl (C=O) groups is 1. The number of nitrogens with zero attached hydrogens (tertiary/aromatic N) is 3. The second-order valence-corrected chi connectivity index (χ2v) is 14.2. The third-order valence-electron chi connectivity index (χ3n) is 8.75. The number of hydrogen-bond donors (Lipinski definition) is 1. The first kappa shape index (κ1) is 29.6. The van der Waals surface area contributed by atoms with E-state index < -0.39 is 0 Å². The van der Waals surface area contributed by atoms with Crippen molar-refractivity contribution < 1.29 is 13.9 Å². The number of rotatable bonds is 6. The van der Waals surface area contributed by atoms with Gasteiger partial charge in [0.25, 0.3) is 5.91 Å². The lowest BCUT2D eigenvalue weighted by molar-refractivity contribution is 0.0696. The summed E-state index contributed by atoms with van der Waals surface area (Å²) in [6, 6.07) is 8.81. The second kappa shape index (κ2) is 11.7. The standard InChI is InChI=1S/C34H48N4O3/c1-22-27(30(39)35-25-15-17-40-18-16-25)20-29(38(22)21-23-11-9-8-10-12-23)24-13-14-26(28(19-24)33(2,3)4)31-36-37-32(41-31)34(5,6)7/h13-14,19-20,23,25H,8-12,15-18,21H2,1-7H3,(H,35,39). The maximum atomic E-state index is 13.6. The van der Waals surface area contributed by atoms with Crippen molar-refractivity contribution in [1.29, 1.82) is 0 Å². The van der Waals surface area contributed by atoms with Crippen LogP contribution in [-0.2, 0) is 22.1 Å². The molecule has 1 aliphatic carbocycles. The summed E-state index contributed by atoms with van der Waals surface area (Å²) in [7, 11) is 0. The van der Waals surface area contributed by atoms with Crippen molar-refractivity contribution in [2.24, 2.45) is 5.92 Å². The Balaban J connectivity index is 1.56. The lowest BCUT2D eigenvalue weighted by Gasteiger charge is -2.26. The summed E-state index contributed by atoms with van der Waals surface area (Å²) >= 11 is 0. The van der Waals surface area contributed by atoms with E-state index in [9.17, 15) is 4.79 Å². The summed E-state index contributed by atoms with van der Waals surface area (Å²) in [6.07, 6.45) is 8.14. The Hall–Kier alpha value is -2.93. The van der Waals surface area contributed by atoms with Crippen LogP contribution < -0.4 is 5.32 Å². The van der Waals surface area contributed by atoms with Crippen LogP contribution in [0.5, 0.6) is 0 Å². The minimum atomic E-state index is -0.216. The molecule has 7 nitrogen and oxygen atoms in total. The first-order chi connectivity index (χ1) is 19.4. The van der Waals surface area contributed by atoms with E-state index in [4.69, 9.17) is 9.15 Å². The monoisotopic (exact) mass is 560 g/mol. The second-order valence-electron chi connectivity index (χ2n) is 14.2. The van der Waals surface area contributed by atoms with Gasteiger partial charge in [-0.15, -0.1) is 10.2 Å². The van der Waals surface area contributed by atoms with Crippen LogP contribution in [0.15, 0.2) is 28.7 Å². The highest BCUT2D eigenvalue weighted by Gasteiger charge is 2.28. The highest BCUT2D eigenvalue weighted by molar-refractivity contribution is 5.97. The molecule has 2 aliphatic rings. The first-order valence-electron chi connectivity index (χ1n) is 15.5. The molecule has 7 heteroatoms. The van der Waals surface area contributed by atoms with Crippen molar-refractivity contribution >= 4 is 5.91 Å². The molecule has 0 unspecified atom stereocenters. The molecule has 1 aromatic carbocycles. The quantitative estimate of drug-likeness (QED) is 0.336. The molecule has 5 rings (SSSR count). The highest BCUT2D eigenvalue weighted by Crippen LogP contribution is 2.38. The SMILES string of the molecule is Cc1c(C(=O)NC2CCOCC2)cc(-c2ccc(-c3nnc(C(C)(C)C)o3)c(C(C)(C)C)c2)n1CC1CCCCC1. The van der Waals surface area contributed by atoms with Crippen LogP contribution in [0.25, 0.3) is 22.7 Å². The molecule has 0 radical (unpaired) electrons. The molecule has 1 saturated carbocycles. The molecule has 3 aromatic rings. The van der Waals surface area contributed by atoms with Crippen LogP contribution in [-0.4, -0.2) is 39.9 Å². The van der Waals surface area contributed by atoms with Gasteiger partial charge in [0.05, 0.1) is 5.56 Å². The fourth-order valence-corrected chi connectivity index (χ4v) is 6.23. The molecule has 41 heavy (non-hydrogen) atoms.